The first-order valence-electron chi connectivity index (χ1n) is 2.52. The van der Waals surface area contributed by atoms with Gasteiger partial charge >= 0.3 is 0 Å². The third-order valence-corrected chi connectivity index (χ3v) is 1.22. The molecule has 0 saturated carbocycles. The SMILES string of the molecule is CC(Br)CCCO. The van der Waals surface area contributed by atoms with Crippen LogP contribution in [0.5, 0.6) is 0 Å². The van der Waals surface area contributed by atoms with E-state index in [2.05, 4.69) is 22.9 Å². The van der Waals surface area contributed by atoms with Gasteiger partial charge in [0.15, 0.2) is 0 Å². The van der Waals surface area contributed by atoms with Crippen molar-refractivity contribution in [2.45, 2.75) is 24.6 Å². The van der Waals surface area contributed by atoms with Gasteiger partial charge in [-0.2, -0.15) is 0 Å². The molecule has 0 aromatic heterocycles. The summed E-state index contributed by atoms with van der Waals surface area (Å²) in [4.78, 5) is 0.555. The average Bonchev–Trinajstić information content (AvgIpc) is 1.61. The van der Waals surface area contributed by atoms with E-state index in [4.69, 9.17) is 5.11 Å². The van der Waals surface area contributed by atoms with Crippen molar-refractivity contribution >= 4 is 15.9 Å². The largest absolute Gasteiger partial charge is 0.396 e. The van der Waals surface area contributed by atoms with Crippen LogP contribution < -0.4 is 0 Å². The molecule has 44 valence electrons. The van der Waals surface area contributed by atoms with Crippen LogP contribution in [0, 0.1) is 0 Å². The minimum atomic E-state index is 0.315. The van der Waals surface area contributed by atoms with Gasteiger partial charge in [0, 0.05) is 11.4 Å². The van der Waals surface area contributed by atoms with Gasteiger partial charge in [0.1, 0.15) is 0 Å². The molecule has 0 aliphatic carbocycles. The summed E-state index contributed by atoms with van der Waals surface area (Å²) in [6, 6.07) is 0. The first kappa shape index (κ1) is 7.44. The maximum Gasteiger partial charge on any atom is 0.0431 e. The monoisotopic (exact) mass is 166 g/mol. The Morgan fingerprint density at radius 2 is 2.29 bits per heavy atom. The lowest BCUT2D eigenvalue weighted by Crippen LogP contribution is -1.91. The third kappa shape index (κ3) is 6.44. The van der Waals surface area contributed by atoms with Gasteiger partial charge in [0.2, 0.25) is 0 Å². The first-order valence-corrected chi connectivity index (χ1v) is 3.44. The number of halogens is 1. The fraction of sp³-hybridized carbons (Fsp3) is 1.00. The lowest BCUT2D eigenvalue weighted by atomic mass is 10.3. The molecular formula is C5H11BrO. The Balaban J connectivity index is 2.68. The molecule has 1 nitrogen and oxygen atoms in total. The smallest absolute Gasteiger partial charge is 0.0431 e. The van der Waals surface area contributed by atoms with Crippen molar-refractivity contribution in [3.63, 3.8) is 0 Å². The van der Waals surface area contributed by atoms with Gasteiger partial charge in [0.25, 0.3) is 0 Å². The number of hydrogen-bond acceptors (Lipinski definition) is 1. The Morgan fingerprint density at radius 1 is 1.71 bits per heavy atom. The molecule has 0 amide bonds. The van der Waals surface area contributed by atoms with Crippen LogP contribution in [0.25, 0.3) is 0 Å². The molecule has 0 saturated heterocycles. The quantitative estimate of drug-likeness (QED) is 0.632. The number of hydrogen-bond donors (Lipinski definition) is 1. The molecule has 1 N–H and O–H groups in total. The molecule has 0 radical (unpaired) electrons. The summed E-state index contributed by atoms with van der Waals surface area (Å²) >= 11 is 3.36. The Morgan fingerprint density at radius 3 is 2.43 bits per heavy atom. The van der Waals surface area contributed by atoms with E-state index in [1.165, 1.54) is 0 Å². The van der Waals surface area contributed by atoms with Crippen molar-refractivity contribution in [1.29, 1.82) is 0 Å². The predicted molar refractivity (Wildman–Crippen MR) is 34.7 cm³/mol. The van der Waals surface area contributed by atoms with E-state index in [9.17, 15) is 0 Å². The van der Waals surface area contributed by atoms with Gasteiger partial charge in [-0.15, -0.1) is 0 Å². The van der Waals surface area contributed by atoms with Crippen LogP contribution in [-0.2, 0) is 0 Å². The van der Waals surface area contributed by atoms with E-state index in [1.54, 1.807) is 0 Å². The second kappa shape index (κ2) is 4.60. The molecule has 0 spiro atoms. The molecule has 0 bridgehead atoms. The van der Waals surface area contributed by atoms with Crippen molar-refractivity contribution < 1.29 is 5.11 Å². The number of aliphatic hydroxyl groups excluding tert-OH is 1. The van der Waals surface area contributed by atoms with Gasteiger partial charge in [0.05, 0.1) is 0 Å². The van der Waals surface area contributed by atoms with Crippen molar-refractivity contribution in [3.8, 4) is 0 Å². The minimum Gasteiger partial charge on any atom is -0.396 e. The second-order valence-electron chi connectivity index (χ2n) is 1.65. The molecule has 1 atom stereocenters. The van der Waals surface area contributed by atoms with E-state index < -0.39 is 0 Å². The van der Waals surface area contributed by atoms with Crippen molar-refractivity contribution in [3.05, 3.63) is 0 Å². The van der Waals surface area contributed by atoms with E-state index in [1.807, 2.05) is 0 Å². The maximum atomic E-state index is 8.29. The Kier molecular flexibility index (Phi) is 4.88. The van der Waals surface area contributed by atoms with E-state index in [0.717, 1.165) is 12.8 Å². The molecule has 1 unspecified atom stereocenters. The predicted octanol–water partition coefficient (Wildman–Crippen LogP) is 1.54. The minimum absolute atomic E-state index is 0.315. The molecule has 0 heterocycles. The maximum absolute atomic E-state index is 8.29. The van der Waals surface area contributed by atoms with E-state index in [-0.39, 0.29) is 0 Å². The summed E-state index contributed by atoms with van der Waals surface area (Å²) in [5, 5.41) is 8.29. The van der Waals surface area contributed by atoms with Crippen LogP contribution in [0.3, 0.4) is 0 Å². The lowest BCUT2D eigenvalue weighted by molar-refractivity contribution is 0.285. The zero-order valence-corrected chi connectivity index (χ0v) is 6.11. The molecule has 0 aliphatic heterocycles. The Hall–Kier alpha value is 0.440. The van der Waals surface area contributed by atoms with Crippen molar-refractivity contribution in [2.24, 2.45) is 0 Å². The van der Waals surface area contributed by atoms with Crippen LogP contribution in [0.1, 0.15) is 19.8 Å². The summed E-state index contributed by atoms with van der Waals surface area (Å²) in [7, 11) is 0. The highest BCUT2D eigenvalue weighted by molar-refractivity contribution is 9.09. The second-order valence-corrected chi connectivity index (χ2v) is 3.21. The molecule has 0 fully saturated rings. The number of rotatable bonds is 3. The van der Waals surface area contributed by atoms with Gasteiger partial charge in [-0.25, -0.2) is 0 Å². The topological polar surface area (TPSA) is 20.2 Å². The fourth-order valence-corrected chi connectivity index (χ4v) is 0.696. The Labute approximate surface area is 52.9 Å². The fourth-order valence-electron chi connectivity index (χ4n) is 0.373. The average molecular weight is 167 g/mol. The molecule has 2 heteroatoms. The molecule has 7 heavy (non-hydrogen) atoms. The van der Waals surface area contributed by atoms with E-state index in [0.29, 0.717) is 11.4 Å². The Bertz CT molecular complexity index is 37.1. The van der Waals surface area contributed by atoms with Gasteiger partial charge < -0.3 is 5.11 Å². The molecule has 0 aliphatic rings. The summed E-state index contributed by atoms with van der Waals surface area (Å²) in [5.74, 6) is 0. The number of alkyl halides is 1. The van der Waals surface area contributed by atoms with Crippen LogP contribution >= 0.6 is 15.9 Å². The lowest BCUT2D eigenvalue weighted by Gasteiger charge is -1.96. The molecular weight excluding hydrogens is 156 g/mol. The van der Waals surface area contributed by atoms with Crippen molar-refractivity contribution in [1.82, 2.24) is 0 Å². The first-order chi connectivity index (χ1) is 3.27. The summed E-state index contributed by atoms with van der Waals surface area (Å²) in [6.45, 7) is 2.39. The highest BCUT2D eigenvalue weighted by Crippen LogP contribution is 2.04. The number of aliphatic hydroxyl groups is 1. The van der Waals surface area contributed by atoms with Crippen LogP contribution in [0.4, 0.5) is 0 Å². The summed E-state index contributed by atoms with van der Waals surface area (Å²) in [5.41, 5.74) is 0. The highest BCUT2D eigenvalue weighted by Gasteiger charge is 1.91. The van der Waals surface area contributed by atoms with Crippen LogP contribution in [0.15, 0.2) is 0 Å². The summed E-state index contributed by atoms with van der Waals surface area (Å²) < 4.78 is 0. The zero-order valence-electron chi connectivity index (χ0n) is 4.52. The zero-order chi connectivity index (χ0) is 5.70. The molecule has 0 aromatic carbocycles. The molecule has 0 rings (SSSR count). The normalized spacial score (nSPS) is 14.1. The van der Waals surface area contributed by atoms with Gasteiger partial charge in [-0.3, -0.25) is 0 Å². The standard InChI is InChI=1S/C5H11BrO/c1-5(6)3-2-4-7/h5,7H,2-4H2,1H3. The van der Waals surface area contributed by atoms with Crippen LogP contribution in [0.2, 0.25) is 0 Å². The summed E-state index contributed by atoms with van der Waals surface area (Å²) in [6.07, 6.45) is 1.98. The van der Waals surface area contributed by atoms with Gasteiger partial charge in [-0.05, 0) is 12.8 Å². The van der Waals surface area contributed by atoms with Gasteiger partial charge in [-0.1, -0.05) is 22.9 Å². The van der Waals surface area contributed by atoms with Crippen LogP contribution in [-0.4, -0.2) is 16.5 Å². The third-order valence-electron chi connectivity index (χ3n) is 0.760. The van der Waals surface area contributed by atoms with Crippen molar-refractivity contribution in [2.75, 3.05) is 6.61 Å². The molecule has 0 aromatic rings. The highest BCUT2D eigenvalue weighted by atomic mass is 79.9. The van der Waals surface area contributed by atoms with E-state index >= 15 is 0 Å².